The molecule has 0 saturated heterocycles. The fourth-order valence-corrected chi connectivity index (χ4v) is 1.81. The number of anilines is 1. The van der Waals surface area contributed by atoms with Crippen LogP contribution in [0, 0.1) is 0 Å². The van der Waals surface area contributed by atoms with Crippen LogP contribution in [0.3, 0.4) is 0 Å². The predicted octanol–water partition coefficient (Wildman–Crippen LogP) is 2.09. The summed E-state index contributed by atoms with van der Waals surface area (Å²) in [5, 5.41) is 8.38. The Kier molecular flexibility index (Phi) is 5.20. The first kappa shape index (κ1) is 14.6. The number of ether oxygens (including phenoxy) is 1. The maximum atomic E-state index is 5.88. The van der Waals surface area contributed by atoms with Gasteiger partial charge in [-0.2, -0.15) is 0 Å². The van der Waals surface area contributed by atoms with E-state index < -0.39 is 0 Å². The van der Waals surface area contributed by atoms with E-state index in [0.717, 1.165) is 18.7 Å². The smallest absolute Gasteiger partial charge is 0.317 e. The summed E-state index contributed by atoms with van der Waals surface area (Å²) >= 11 is 5.88. The fourth-order valence-electron chi connectivity index (χ4n) is 1.63. The van der Waals surface area contributed by atoms with Gasteiger partial charge in [-0.25, -0.2) is 0 Å². The number of hydrogen-bond acceptors (Lipinski definition) is 6. The Bertz CT molecular complexity index is 547. The van der Waals surface area contributed by atoms with Crippen LogP contribution in [0.2, 0.25) is 5.02 Å². The summed E-state index contributed by atoms with van der Waals surface area (Å²) in [4.78, 5) is 1.87. The molecule has 2 rings (SSSR count). The van der Waals surface area contributed by atoms with Gasteiger partial charge in [0.15, 0.2) is 0 Å². The molecule has 0 radical (unpaired) electrons. The van der Waals surface area contributed by atoms with E-state index in [-0.39, 0.29) is 6.54 Å². The molecule has 108 valence electrons. The van der Waals surface area contributed by atoms with Gasteiger partial charge in [-0.05, 0) is 24.6 Å². The molecule has 1 heterocycles. The topological polar surface area (TPSA) is 77.4 Å². The first-order valence-electron chi connectivity index (χ1n) is 6.31. The SMILES string of the molecule is CN(CCCOc1cccc(Cl)c1)c1nnc(CN)o1. The summed E-state index contributed by atoms with van der Waals surface area (Å²) < 4.78 is 10.9. The molecule has 0 unspecified atom stereocenters. The second kappa shape index (κ2) is 7.12. The molecular formula is C13H17ClN4O2. The van der Waals surface area contributed by atoms with Crippen molar-refractivity contribution >= 4 is 17.6 Å². The zero-order valence-corrected chi connectivity index (χ0v) is 12.0. The molecule has 0 spiro atoms. The van der Waals surface area contributed by atoms with Crippen LogP contribution in [0.4, 0.5) is 6.01 Å². The quantitative estimate of drug-likeness (QED) is 0.788. The molecule has 0 aliphatic rings. The molecule has 0 aliphatic carbocycles. The van der Waals surface area contributed by atoms with Gasteiger partial charge in [0.1, 0.15) is 5.75 Å². The van der Waals surface area contributed by atoms with Gasteiger partial charge in [0, 0.05) is 18.6 Å². The minimum absolute atomic E-state index is 0.249. The molecule has 2 aromatic rings. The molecule has 0 fully saturated rings. The van der Waals surface area contributed by atoms with Crippen LogP contribution in [0.25, 0.3) is 0 Å². The summed E-state index contributed by atoms with van der Waals surface area (Å²) in [5.74, 6) is 1.20. The van der Waals surface area contributed by atoms with E-state index in [1.165, 1.54) is 0 Å². The Balaban J connectivity index is 1.73. The Morgan fingerprint density at radius 2 is 2.25 bits per heavy atom. The van der Waals surface area contributed by atoms with Crippen LogP contribution in [0.5, 0.6) is 5.75 Å². The first-order valence-corrected chi connectivity index (χ1v) is 6.69. The summed E-state index contributed by atoms with van der Waals surface area (Å²) in [6, 6.07) is 7.80. The molecule has 1 aromatic carbocycles. The lowest BCUT2D eigenvalue weighted by atomic mass is 10.3. The van der Waals surface area contributed by atoms with Crippen LogP contribution in [-0.4, -0.2) is 30.4 Å². The van der Waals surface area contributed by atoms with E-state index in [2.05, 4.69) is 10.2 Å². The highest BCUT2D eigenvalue weighted by molar-refractivity contribution is 6.30. The molecule has 0 amide bonds. The summed E-state index contributed by atoms with van der Waals surface area (Å²) in [6.07, 6.45) is 0.823. The average molecular weight is 297 g/mol. The van der Waals surface area contributed by atoms with Crippen LogP contribution >= 0.6 is 11.6 Å². The van der Waals surface area contributed by atoms with Crippen molar-refractivity contribution in [1.82, 2.24) is 10.2 Å². The summed E-state index contributed by atoms with van der Waals surface area (Å²) in [6.45, 7) is 1.58. The van der Waals surface area contributed by atoms with Crippen molar-refractivity contribution in [2.24, 2.45) is 5.73 Å². The molecule has 0 aliphatic heterocycles. The third-order valence-corrected chi connectivity index (χ3v) is 2.90. The fraction of sp³-hybridized carbons (Fsp3) is 0.385. The van der Waals surface area contributed by atoms with Gasteiger partial charge in [0.25, 0.3) is 0 Å². The highest BCUT2D eigenvalue weighted by atomic mass is 35.5. The van der Waals surface area contributed by atoms with E-state index in [1.807, 2.05) is 30.1 Å². The number of aromatic nitrogens is 2. The van der Waals surface area contributed by atoms with E-state index in [9.17, 15) is 0 Å². The van der Waals surface area contributed by atoms with Gasteiger partial charge in [-0.1, -0.05) is 22.8 Å². The van der Waals surface area contributed by atoms with Crippen LogP contribution in [-0.2, 0) is 6.54 Å². The monoisotopic (exact) mass is 296 g/mol. The third-order valence-electron chi connectivity index (χ3n) is 2.66. The number of benzene rings is 1. The van der Waals surface area contributed by atoms with Gasteiger partial charge in [0.05, 0.1) is 13.2 Å². The van der Waals surface area contributed by atoms with Gasteiger partial charge >= 0.3 is 6.01 Å². The summed E-state index contributed by atoms with van der Waals surface area (Å²) in [7, 11) is 1.88. The Labute approximate surface area is 122 Å². The second-order valence-electron chi connectivity index (χ2n) is 4.26. The minimum Gasteiger partial charge on any atom is -0.493 e. The molecule has 0 bridgehead atoms. The van der Waals surface area contributed by atoms with Crippen molar-refractivity contribution in [2.75, 3.05) is 25.1 Å². The molecular weight excluding hydrogens is 280 g/mol. The zero-order chi connectivity index (χ0) is 14.4. The molecule has 6 nitrogen and oxygen atoms in total. The molecule has 20 heavy (non-hydrogen) atoms. The number of hydrogen-bond donors (Lipinski definition) is 1. The minimum atomic E-state index is 0.249. The van der Waals surface area contributed by atoms with Gasteiger partial charge in [-0.3, -0.25) is 0 Å². The lowest BCUT2D eigenvalue weighted by Crippen LogP contribution is -2.20. The maximum absolute atomic E-state index is 5.88. The molecule has 0 saturated carbocycles. The number of nitrogens with two attached hydrogens (primary N) is 1. The van der Waals surface area contributed by atoms with Crippen molar-refractivity contribution in [1.29, 1.82) is 0 Å². The largest absolute Gasteiger partial charge is 0.493 e. The van der Waals surface area contributed by atoms with Crippen molar-refractivity contribution < 1.29 is 9.15 Å². The van der Waals surface area contributed by atoms with Gasteiger partial charge in [0.2, 0.25) is 5.89 Å². The normalized spacial score (nSPS) is 10.6. The lowest BCUT2D eigenvalue weighted by Gasteiger charge is -2.13. The number of halogens is 1. The van der Waals surface area contributed by atoms with Crippen molar-refractivity contribution in [3.05, 3.63) is 35.2 Å². The highest BCUT2D eigenvalue weighted by Crippen LogP contribution is 2.17. The van der Waals surface area contributed by atoms with Crippen LogP contribution < -0.4 is 15.4 Å². The molecule has 7 heteroatoms. The molecule has 0 atom stereocenters. The highest BCUT2D eigenvalue weighted by Gasteiger charge is 2.09. The molecule has 2 N–H and O–H groups in total. The maximum Gasteiger partial charge on any atom is 0.317 e. The van der Waals surface area contributed by atoms with E-state index in [1.54, 1.807) is 6.07 Å². The number of nitrogens with zero attached hydrogens (tertiary/aromatic N) is 3. The van der Waals surface area contributed by atoms with Crippen molar-refractivity contribution in [3.63, 3.8) is 0 Å². The van der Waals surface area contributed by atoms with E-state index in [4.69, 9.17) is 26.5 Å². The summed E-state index contributed by atoms with van der Waals surface area (Å²) in [5.41, 5.74) is 5.42. The first-order chi connectivity index (χ1) is 9.69. The van der Waals surface area contributed by atoms with E-state index in [0.29, 0.717) is 23.5 Å². The van der Waals surface area contributed by atoms with Crippen LogP contribution in [0.1, 0.15) is 12.3 Å². The van der Waals surface area contributed by atoms with Crippen LogP contribution in [0.15, 0.2) is 28.7 Å². The third kappa shape index (κ3) is 4.11. The Morgan fingerprint density at radius 1 is 1.40 bits per heavy atom. The average Bonchev–Trinajstić information content (AvgIpc) is 2.92. The van der Waals surface area contributed by atoms with Gasteiger partial charge < -0.3 is 19.8 Å². The molecule has 1 aromatic heterocycles. The Morgan fingerprint density at radius 3 is 2.95 bits per heavy atom. The van der Waals surface area contributed by atoms with E-state index >= 15 is 0 Å². The van der Waals surface area contributed by atoms with Crippen molar-refractivity contribution in [3.8, 4) is 5.75 Å². The standard InChI is InChI=1S/C13H17ClN4O2/c1-18(13-17-16-12(9-15)20-13)6-3-7-19-11-5-2-4-10(14)8-11/h2,4-5,8H,3,6-7,9,15H2,1H3. The van der Waals surface area contributed by atoms with Crippen molar-refractivity contribution in [2.45, 2.75) is 13.0 Å². The Hall–Kier alpha value is -1.79. The predicted molar refractivity (Wildman–Crippen MR) is 77.0 cm³/mol. The second-order valence-corrected chi connectivity index (χ2v) is 4.70. The zero-order valence-electron chi connectivity index (χ0n) is 11.3. The number of rotatable bonds is 7. The van der Waals surface area contributed by atoms with Gasteiger partial charge in [-0.15, -0.1) is 5.10 Å². The lowest BCUT2D eigenvalue weighted by molar-refractivity contribution is 0.311.